The molecule has 0 saturated carbocycles. The zero-order chi connectivity index (χ0) is 9.10. The van der Waals surface area contributed by atoms with Gasteiger partial charge in [0.25, 0.3) is 0 Å². The average molecular weight is 211 g/mol. The van der Waals surface area contributed by atoms with Crippen molar-refractivity contribution in [2.24, 2.45) is 0 Å². The summed E-state index contributed by atoms with van der Waals surface area (Å²) in [6.07, 6.45) is 0. The molecule has 0 amide bonds. The second-order valence-electron chi connectivity index (χ2n) is 2.33. The third-order valence-electron chi connectivity index (χ3n) is 1.40. The number of aromatic nitrogens is 1. The number of hydrogen-bond donors (Lipinski definition) is 0. The molecule has 1 aromatic carbocycles. The van der Waals surface area contributed by atoms with Gasteiger partial charge in [0.1, 0.15) is 5.75 Å². The van der Waals surface area contributed by atoms with Crippen LogP contribution in [0, 0.1) is 5.51 Å². The van der Waals surface area contributed by atoms with E-state index >= 15 is 0 Å². The Morgan fingerprint density at radius 3 is 2.69 bits per heavy atom. The molecule has 0 fully saturated rings. The third kappa shape index (κ3) is 2.20. The summed E-state index contributed by atoms with van der Waals surface area (Å²) in [7, 11) is 0. The van der Waals surface area contributed by atoms with Crippen molar-refractivity contribution in [3.63, 3.8) is 0 Å². The Morgan fingerprint density at radius 1 is 1.31 bits per heavy atom. The smallest absolute Gasteiger partial charge is 0.230 e. The van der Waals surface area contributed by atoms with E-state index in [1.807, 2.05) is 0 Å². The second-order valence-corrected chi connectivity index (χ2v) is 3.42. The highest BCUT2D eigenvalue weighted by atomic mass is 35.5. The molecule has 0 spiro atoms. The van der Waals surface area contributed by atoms with Crippen LogP contribution in [0.2, 0.25) is 5.02 Å². The van der Waals surface area contributed by atoms with Crippen LogP contribution >= 0.6 is 22.9 Å². The topological polar surface area (TPSA) is 22.1 Å². The first kappa shape index (κ1) is 8.53. The molecule has 0 bridgehead atoms. The summed E-state index contributed by atoms with van der Waals surface area (Å²) in [6, 6.07) is 7.13. The van der Waals surface area contributed by atoms with Crippen LogP contribution < -0.4 is 4.74 Å². The quantitative estimate of drug-likeness (QED) is 0.758. The lowest BCUT2D eigenvalue weighted by Crippen LogP contribution is -1.82. The van der Waals surface area contributed by atoms with Crippen LogP contribution in [-0.2, 0) is 0 Å². The summed E-state index contributed by atoms with van der Waals surface area (Å²) >= 11 is 7.09. The van der Waals surface area contributed by atoms with Gasteiger partial charge in [-0.1, -0.05) is 11.6 Å². The van der Waals surface area contributed by atoms with Crippen molar-refractivity contribution < 1.29 is 4.74 Å². The first-order valence-electron chi connectivity index (χ1n) is 3.59. The first-order valence-corrected chi connectivity index (χ1v) is 4.85. The molecular formula is C9H5ClNOS. The van der Waals surface area contributed by atoms with Crippen molar-refractivity contribution in [3.8, 4) is 11.6 Å². The second kappa shape index (κ2) is 3.77. The van der Waals surface area contributed by atoms with Gasteiger partial charge in [0.2, 0.25) is 5.88 Å². The van der Waals surface area contributed by atoms with E-state index < -0.39 is 0 Å². The van der Waals surface area contributed by atoms with Gasteiger partial charge in [-0.05, 0) is 24.3 Å². The van der Waals surface area contributed by atoms with E-state index in [-0.39, 0.29) is 0 Å². The van der Waals surface area contributed by atoms with Gasteiger partial charge >= 0.3 is 0 Å². The van der Waals surface area contributed by atoms with Crippen LogP contribution in [0.5, 0.6) is 11.6 Å². The van der Waals surface area contributed by atoms with Crippen LogP contribution in [-0.4, -0.2) is 4.98 Å². The Morgan fingerprint density at radius 2 is 2.08 bits per heavy atom. The van der Waals surface area contributed by atoms with Crippen LogP contribution in [0.1, 0.15) is 0 Å². The summed E-state index contributed by atoms with van der Waals surface area (Å²) < 4.78 is 5.38. The summed E-state index contributed by atoms with van der Waals surface area (Å²) in [5, 5.41) is 2.48. The number of hydrogen-bond acceptors (Lipinski definition) is 3. The predicted molar refractivity (Wildman–Crippen MR) is 52.5 cm³/mol. The normalized spacial score (nSPS) is 9.92. The lowest BCUT2D eigenvalue weighted by Gasteiger charge is -2.00. The highest BCUT2D eigenvalue weighted by molar-refractivity contribution is 7.07. The molecule has 4 heteroatoms. The molecule has 0 aliphatic carbocycles. The standard InChI is InChI=1S/C9H5ClNOS/c10-7-1-3-8(4-2-7)12-9-5-13-6-11-9/h1-5H. The fraction of sp³-hybridized carbons (Fsp3) is 0. The van der Waals surface area contributed by atoms with E-state index in [0.29, 0.717) is 10.9 Å². The molecular weight excluding hydrogens is 206 g/mol. The van der Waals surface area contributed by atoms with Crippen molar-refractivity contribution in [2.45, 2.75) is 0 Å². The fourth-order valence-electron chi connectivity index (χ4n) is 0.845. The van der Waals surface area contributed by atoms with Gasteiger partial charge in [-0.3, -0.25) is 0 Å². The van der Waals surface area contributed by atoms with Gasteiger partial charge in [-0.2, -0.15) is 4.98 Å². The van der Waals surface area contributed by atoms with Crippen LogP contribution in [0.3, 0.4) is 0 Å². The Kier molecular flexibility index (Phi) is 2.47. The van der Waals surface area contributed by atoms with Gasteiger partial charge in [-0.15, -0.1) is 11.3 Å². The summed E-state index contributed by atoms with van der Waals surface area (Å²) in [4.78, 5) is 3.87. The lowest BCUT2D eigenvalue weighted by molar-refractivity contribution is 0.466. The SMILES string of the molecule is Clc1ccc(Oc2cs[c]n2)cc1. The summed E-state index contributed by atoms with van der Waals surface area (Å²) in [5.74, 6) is 1.29. The number of ether oxygens (including phenoxy) is 1. The molecule has 1 aromatic heterocycles. The molecule has 2 nitrogen and oxygen atoms in total. The van der Waals surface area contributed by atoms with Gasteiger partial charge in [-0.25, -0.2) is 0 Å². The molecule has 0 aliphatic rings. The maximum atomic E-state index is 5.72. The van der Waals surface area contributed by atoms with Crippen molar-refractivity contribution in [3.05, 3.63) is 40.2 Å². The lowest BCUT2D eigenvalue weighted by atomic mass is 10.3. The van der Waals surface area contributed by atoms with Gasteiger partial charge in [0.05, 0.1) is 5.38 Å². The minimum absolute atomic E-state index is 0.562. The van der Waals surface area contributed by atoms with Crippen LogP contribution in [0.15, 0.2) is 29.6 Å². The molecule has 0 unspecified atom stereocenters. The Balaban J connectivity index is 2.15. The Hall–Kier alpha value is -1.06. The minimum Gasteiger partial charge on any atom is -0.438 e. The number of thiazole rings is 1. The molecule has 0 aliphatic heterocycles. The van der Waals surface area contributed by atoms with E-state index in [1.54, 1.807) is 29.6 Å². The van der Waals surface area contributed by atoms with Crippen LogP contribution in [0.4, 0.5) is 0 Å². The van der Waals surface area contributed by atoms with E-state index in [2.05, 4.69) is 10.5 Å². The highest BCUT2D eigenvalue weighted by Crippen LogP contribution is 2.22. The maximum Gasteiger partial charge on any atom is 0.230 e. The van der Waals surface area contributed by atoms with E-state index in [0.717, 1.165) is 5.75 Å². The summed E-state index contributed by atoms with van der Waals surface area (Å²) in [6.45, 7) is 0. The summed E-state index contributed by atoms with van der Waals surface area (Å²) in [5.41, 5.74) is 2.70. The zero-order valence-corrected chi connectivity index (χ0v) is 8.10. The van der Waals surface area contributed by atoms with Crippen molar-refractivity contribution in [1.82, 2.24) is 4.98 Å². The number of rotatable bonds is 2. The van der Waals surface area contributed by atoms with E-state index in [9.17, 15) is 0 Å². The van der Waals surface area contributed by atoms with Crippen LogP contribution in [0.25, 0.3) is 0 Å². The molecule has 0 saturated heterocycles. The largest absolute Gasteiger partial charge is 0.438 e. The average Bonchev–Trinajstić information content (AvgIpc) is 2.62. The molecule has 0 atom stereocenters. The monoisotopic (exact) mass is 210 g/mol. The predicted octanol–water partition coefficient (Wildman–Crippen LogP) is 3.39. The molecule has 13 heavy (non-hydrogen) atoms. The van der Waals surface area contributed by atoms with E-state index in [4.69, 9.17) is 16.3 Å². The van der Waals surface area contributed by atoms with Crippen molar-refractivity contribution in [1.29, 1.82) is 0 Å². The fourth-order valence-corrected chi connectivity index (χ4v) is 1.37. The van der Waals surface area contributed by atoms with Crippen molar-refractivity contribution in [2.75, 3.05) is 0 Å². The van der Waals surface area contributed by atoms with Gasteiger partial charge in [0, 0.05) is 5.02 Å². The molecule has 0 N–H and O–H groups in total. The minimum atomic E-state index is 0.562. The highest BCUT2D eigenvalue weighted by Gasteiger charge is 1.97. The molecule has 2 rings (SSSR count). The number of nitrogens with zero attached hydrogens (tertiary/aromatic N) is 1. The maximum absolute atomic E-state index is 5.72. The molecule has 1 radical (unpaired) electrons. The third-order valence-corrected chi connectivity index (χ3v) is 2.17. The van der Waals surface area contributed by atoms with Gasteiger partial charge < -0.3 is 4.74 Å². The molecule has 1 heterocycles. The number of benzene rings is 1. The van der Waals surface area contributed by atoms with Crippen molar-refractivity contribution >= 4 is 22.9 Å². The first-order chi connectivity index (χ1) is 6.34. The number of halogens is 1. The van der Waals surface area contributed by atoms with Gasteiger partial charge in [0.15, 0.2) is 5.51 Å². The van der Waals surface area contributed by atoms with E-state index in [1.165, 1.54) is 11.3 Å². The Bertz CT molecular complexity index is 371. The molecule has 2 aromatic rings. The Labute approximate surface area is 84.8 Å². The zero-order valence-electron chi connectivity index (χ0n) is 6.53. The molecule has 65 valence electrons.